The van der Waals surface area contributed by atoms with E-state index in [1.54, 1.807) is 11.3 Å². The van der Waals surface area contributed by atoms with Gasteiger partial charge in [-0.05, 0) is 0 Å². The van der Waals surface area contributed by atoms with Gasteiger partial charge in [0.05, 0.1) is 12.0 Å². The Morgan fingerprint density at radius 1 is 1.25 bits per heavy atom. The smallest absolute Gasteiger partial charge is 0.189 e. The summed E-state index contributed by atoms with van der Waals surface area (Å²) in [5.41, 5.74) is 2.68. The maximum absolute atomic E-state index is 5.32. The third-order valence-corrected chi connectivity index (χ3v) is 3.82. The number of nitrogens with zero attached hydrogens (tertiary/aromatic N) is 7. The molecule has 3 heterocycles. The molecule has 0 amide bonds. The van der Waals surface area contributed by atoms with Crippen LogP contribution in [0.25, 0.3) is 22.8 Å². The second-order valence-electron chi connectivity index (χ2n) is 5.51. The lowest BCUT2D eigenvalue weighted by Crippen LogP contribution is -2.22. The minimum Gasteiger partial charge on any atom is -0.332 e. The van der Waals surface area contributed by atoms with Crippen molar-refractivity contribution in [2.45, 2.75) is 6.67 Å². The van der Waals surface area contributed by atoms with E-state index in [2.05, 4.69) is 21.2 Å². The second-order valence-corrected chi connectivity index (χ2v) is 5.51. The van der Waals surface area contributed by atoms with Crippen LogP contribution in [0.3, 0.4) is 0 Å². The summed E-state index contributed by atoms with van der Waals surface area (Å²) in [7, 11) is 1.95. The number of fused-ring (bicyclic) bond motifs is 1. The van der Waals surface area contributed by atoms with E-state index in [0.717, 1.165) is 17.1 Å². The maximum atomic E-state index is 5.32. The summed E-state index contributed by atoms with van der Waals surface area (Å²) in [5, 5.41) is 10.1. The molecule has 0 spiro atoms. The van der Waals surface area contributed by atoms with Gasteiger partial charge in [0.1, 0.15) is 13.2 Å². The first kappa shape index (κ1) is 14.2. The second kappa shape index (κ2) is 5.66. The van der Waals surface area contributed by atoms with Gasteiger partial charge in [0, 0.05) is 18.8 Å². The minimum atomic E-state index is 0.414. The van der Waals surface area contributed by atoms with Gasteiger partial charge in [-0.3, -0.25) is 4.57 Å². The van der Waals surface area contributed by atoms with Crippen LogP contribution in [0.2, 0.25) is 0 Å². The number of benzene rings is 1. The van der Waals surface area contributed by atoms with Crippen molar-refractivity contribution in [3.8, 4) is 35.1 Å². The molecule has 118 valence electrons. The Hall–Kier alpha value is -3.40. The van der Waals surface area contributed by atoms with Gasteiger partial charge in [-0.2, -0.15) is 0 Å². The monoisotopic (exact) mass is 317 g/mol. The molecule has 7 nitrogen and oxygen atoms in total. The molecule has 0 saturated heterocycles. The lowest BCUT2D eigenvalue weighted by atomic mass is 10.2. The highest BCUT2D eigenvalue weighted by molar-refractivity contribution is 5.68. The first-order valence-electron chi connectivity index (χ1n) is 7.50. The molecular formula is C17H15N7. The van der Waals surface area contributed by atoms with Crippen molar-refractivity contribution in [3.63, 3.8) is 0 Å². The van der Waals surface area contributed by atoms with Crippen LogP contribution in [0.15, 0.2) is 53.2 Å². The van der Waals surface area contributed by atoms with Crippen LogP contribution in [-0.2, 0) is 13.7 Å². The number of aromatic nitrogens is 4. The Kier molecular flexibility index (Phi) is 3.35. The zero-order valence-electron chi connectivity index (χ0n) is 13.2. The quantitative estimate of drug-likeness (QED) is 0.698. The molecule has 1 aliphatic heterocycles. The summed E-state index contributed by atoms with van der Waals surface area (Å²) in [4.78, 5) is 9.20. The van der Waals surface area contributed by atoms with E-state index in [1.807, 2.05) is 52.7 Å². The molecule has 2 aromatic heterocycles. The predicted octanol–water partition coefficient (Wildman–Crippen LogP) is 2.86. The summed E-state index contributed by atoms with van der Waals surface area (Å²) < 4.78 is 3.87. The van der Waals surface area contributed by atoms with E-state index < -0.39 is 0 Å². The topological polar surface area (TPSA) is 63.6 Å². The van der Waals surface area contributed by atoms with Gasteiger partial charge in [-0.15, -0.1) is 11.5 Å². The normalized spacial score (nSPS) is 12.9. The van der Waals surface area contributed by atoms with Crippen molar-refractivity contribution in [2.24, 2.45) is 17.4 Å². The molecule has 0 atom stereocenters. The summed E-state index contributed by atoms with van der Waals surface area (Å²) in [6.07, 6.45) is 9.05. The predicted molar refractivity (Wildman–Crippen MR) is 89.9 cm³/mol. The van der Waals surface area contributed by atoms with E-state index in [1.165, 1.54) is 0 Å². The molecule has 24 heavy (non-hydrogen) atoms. The van der Waals surface area contributed by atoms with E-state index in [-0.39, 0.29) is 0 Å². The molecule has 0 fully saturated rings. The highest BCUT2D eigenvalue weighted by atomic mass is 15.6. The van der Waals surface area contributed by atoms with Crippen LogP contribution in [-0.4, -0.2) is 30.7 Å². The molecule has 0 aliphatic carbocycles. The molecule has 0 saturated carbocycles. The molecule has 0 radical (unpaired) electrons. The average Bonchev–Trinajstić information content (AvgIpc) is 3.19. The standard InChI is InChI=1S/C17H15N7/c1-3-9-24-12-23-11-18-15(17(23)20-21-24)16-19-14(10-22(16)2)13-7-5-4-6-8-13/h1,4-8,10-11H,9,12H2,2H3. The van der Waals surface area contributed by atoms with E-state index >= 15 is 0 Å². The fraction of sp³-hybridized carbons (Fsp3) is 0.176. The Morgan fingerprint density at radius 2 is 2.08 bits per heavy atom. The summed E-state index contributed by atoms with van der Waals surface area (Å²) in [5.74, 6) is 4.01. The zero-order valence-corrected chi connectivity index (χ0v) is 13.2. The lowest BCUT2D eigenvalue weighted by Gasteiger charge is -2.19. The van der Waals surface area contributed by atoms with Crippen LogP contribution in [0.4, 0.5) is 5.82 Å². The van der Waals surface area contributed by atoms with Crippen molar-refractivity contribution < 1.29 is 0 Å². The van der Waals surface area contributed by atoms with Crippen LogP contribution in [0.5, 0.6) is 0 Å². The molecule has 0 N–H and O–H groups in total. The fourth-order valence-corrected chi connectivity index (χ4v) is 2.67. The number of rotatable bonds is 3. The minimum absolute atomic E-state index is 0.414. The van der Waals surface area contributed by atoms with Gasteiger partial charge in [0.25, 0.3) is 0 Å². The molecule has 1 aromatic carbocycles. The molecule has 7 heteroatoms. The molecular weight excluding hydrogens is 302 g/mol. The lowest BCUT2D eigenvalue weighted by molar-refractivity contribution is 0.226. The van der Waals surface area contributed by atoms with Gasteiger partial charge < -0.3 is 4.57 Å². The average molecular weight is 317 g/mol. The summed E-state index contributed by atoms with van der Waals surface area (Å²) in [6.45, 7) is 0.947. The third-order valence-electron chi connectivity index (χ3n) is 3.82. The van der Waals surface area contributed by atoms with Crippen LogP contribution >= 0.6 is 0 Å². The first-order valence-corrected chi connectivity index (χ1v) is 7.50. The third kappa shape index (κ3) is 2.34. The summed E-state index contributed by atoms with van der Waals surface area (Å²) in [6, 6.07) is 10.0. The molecule has 3 aromatic rings. The highest BCUT2D eigenvalue weighted by Gasteiger charge is 2.21. The number of hydrogen-bond donors (Lipinski definition) is 0. The van der Waals surface area contributed by atoms with Gasteiger partial charge >= 0.3 is 0 Å². The fourth-order valence-electron chi connectivity index (χ4n) is 2.67. The Balaban J connectivity index is 1.72. The number of hydrogen-bond acceptors (Lipinski definition) is 5. The molecule has 0 unspecified atom stereocenters. The summed E-state index contributed by atoms with van der Waals surface area (Å²) >= 11 is 0. The van der Waals surface area contributed by atoms with Gasteiger partial charge in [0.15, 0.2) is 17.3 Å². The van der Waals surface area contributed by atoms with Crippen molar-refractivity contribution in [1.82, 2.24) is 24.1 Å². The Morgan fingerprint density at radius 3 is 2.88 bits per heavy atom. The van der Waals surface area contributed by atoms with Crippen molar-refractivity contribution in [3.05, 3.63) is 42.9 Å². The number of terminal acetylenes is 1. The largest absolute Gasteiger partial charge is 0.332 e. The van der Waals surface area contributed by atoms with Crippen molar-refractivity contribution >= 4 is 5.82 Å². The molecule has 4 rings (SSSR count). The Bertz CT molecular complexity index is 943. The molecule has 0 bridgehead atoms. The Labute approximate surface area is 139 Å². The van der Waals surface area contributed by atoms with Crippen molar-refractivity contribution in [2.75, 3.05) is 6.54 Å². The van der Waals surface area contributed by atoms with E-state index in [4.69, 9.17) is 11.4 Å². The van der Waals surface area contributed by atoms with Crippen LogP contribution in [0, 0.1) is 12.3 Å². The number of imidazole rings is 2. The SMILES string of the molecule is C#CCN1Cn2cnc(-c3nc(-c4ccccc4)cn3C)c2N=N1. The highest BCUT2D eigenvalue weighted by Crippen LogP contribution is 2.32. The van der Waals surface area contributed by atoms with Gasteiger partial charge in [-0.25, -0.2) is 15.0 Å². The number of aryl methyl sites for hydroxylation is 1. The van der Waals surface area contributed by atoms with Gasteiger partial charge in [-0.1, -0.05) is 41.5 Å². The van der Waals surface area contributed by atoms with Crippen LogP contribution in [0.1, 0.15) is 0 Å². The zero-order chi connectivity index (χ0) is 16.5. The van der Waals surface area contributed by atoms with Crippen molar-refractivity contribution in [1.29, 1.82) is 0 Å². The molecule has 1 aliphatic rings. The van der Waals surface area contributed by atoms with E-state index in [0.29, 0.717) is 24.7 Å². The first-order chi connectivity index (χ1) is 11.8. The van der Waals surface area contributed by atoms with E-state index in [9.17, 15) is 0 Å². The van der Waals surface area contributed by atoms with Crippen LogP contribution < -0.4 is 0 Å². The van der Waals surface area contributed by atoms with Gasteiger partial charge in [0.2, 0.25) is 0 Å². The maximum Gasteiger partial charge on any atom is 0.189 e.